The molecule has 0 aliphatic heterocycles. The number of hydrogen-bond acceptors (Lipinski definition) is 2. The number of benzene rings is 1. The minimum absolute atomic E-state index is 0.546. The van der Waals surface area contributed by atoms with Gasteiger partial charge in [0.25, 0.3) is 0 Å². The van der Waals surface area contributed by atoms with Crippen molar-refractivity contribution in [1.82, 2.24) is 4.98 Å². The fraction of sp³-hybridized carbons (Fsp3) is 0.0769. The molecule has 1 heterocycles. The van der Waals surface area contributed by atoms with Crippen molar-refractivity contribution in [2.24, 2.45) is 0 Å². The molecule has 2 nitrogen and oxygen atoms in total. The van der Waals surface area contributed by atoms with E-state index in [4.69, 9.17) is 0 Å². The van der Waals surface area contributed by atoms with Crippen molar-refractivity contribution in [2.45, 2.75) is 6.18 Å². The van der Waals surface area contributed by atoms with Crippen LogP contribution in [-0.2, 0) is 6.18 Å². The lowest BCUT2D eigenvalue weighted by atomic mass is 9.99. The molecule has 0 aliphatic carbocycles. The van der Waals surface area contributed by atoms with Gasteiger partial charge in [0.05, 0.1) is 16.7 Å². The van der Waals surface area contributed by atoms with E-state index in [9.17, 15) is 26.7 Å². The number of carbonyl (C=O) groups is 1. The number of ketones is 1. The van der Waals surface area contributed by atoms with Crippen molar-refractivity contribution in [1.29, 1.82) is 0 Å². The molecule has 104 valence electrons. The predicted octanol–water partition coefficient (Wildman–Crippen LogP) is 3.61. The maximum atomic E-state index is 13.4. The summed E-state index contributed by atoms with van der Waals surface area (Å²) < 4.78 is 64.7. The number of halogens is 5. The molecule has 1 aromatic heterocycles. The zero-order valence-corrected chi connectivity index (χ0v) is 9.71. The number of rotatable bonds is 2. The lowest BCUT2D eigenvalue weighted by Crippen LogP contribution is -2.15. The van der Waals surface area contributed by atoms with Gasteiger partial charge in [0, 0.05) is 12.4 Å². The number of nitrogens with zero attached hydrogens (tertiary/aromatic N) is 1. The van der Waals surface area contributed by atoms with Crippen molar-refractivity contribution in [3.05, 3.63) is 65.0 Å². The molecule has 0 radical (unpaired) electrons. The Kier molecular flexibility index (Phi) is 3.52. The summed E-state index contributed by atoms with van der Waals surface area (Å²) in [5.41, 5.74) is -2.85. The van der Waals surface area contributed by atoms with Crippen LogP contribution in [0.1, 0.15) is 21.5 Å². The Bertz CT molecular complexity index is 666. The molecule has 0 fully saturated rings. The van der Waals surface area contributed by atoms with E-state index in [2.05, 4.69) is 4.98 Å². The minimum atomic E-state index is -4.79. The van der Waals surface area contributed by atoms with Gasteiger partial charge in [0.2, 0.25) is 0 Å². The van der Waals surface area contributed by atoms with Crippen LogP contribution in [0.5, 0.6) is 0 Å². The van der Waals surface area contributed by atoms with E-state index in [1.54, 1.807) is 0 Å². The van der Waals surface area contributed by atoms with Crippen molar-refractivity contribution in [2.75, 3.05) is 0 Å². The van der Waals surface area contributed by atoms with Crippen molar-refractivity contribution in [3.63, 3.8) is 0 Å². The largest absolute Gasteiger partial charge is 0.417 e. The number of pyridine rings is 1. The van der Waals surface area contributed by atoms with E-state index in [-0.39, 0.29) is 0 Å². The van der Waals surface area contributed by atoms with E-state index in [1.807, 2.05) is 0 Å². The SMILES string of the molecule is O=C(c1cc(F)ccc1F)c1cnccc1C(F)(F)F. The first kappa shape index (κ1) is 14.1. The van der Waals surface area contributed by atoms with Crippen LogP contribution in [0, 0.1) is 11.6 Å². The van der Waals surface area contributed by atoms with Crippen LogP contribution in [0.3, 0.4) is 0 Å². The van der Waals surface area contributed by atoms with E-state index < -0.39 is 40.3 Å². The molecule has 0 bridgehead atoms. The summed E-state index contributed by atoms with van der Waals surface area (Å²) in [5, 5.41) is 0. The number of carbonyl (C=O) groups excluding carboxylic acids is 1. The zero-order valence-electron chi connectivity index (χ0n) is 9.71. The second-order valence-electron chi connectivity index (χ2n) is 3.87. The Morgan fingerprint density at radius 2 is 1.75 bits per heavy atom. The Morgan fingerprint density at radius 1 is 1.05 bits per heavy atom. The smallest absolute Gasteiger partial charge is 0.288 e. The highest BCUT2D eigenvalue weighted by molar-refractivity contribution is 6.10. The quantitative estimate of drug-likeness (QED) is 0.624. The summed E-state index contributed by atoms with van der Waals surface area (Å²) in [6.07, 6.45) is -3.26. The second kappa shape index (κ2) is 4.99. The third-order valence-corrected chi connectivity index (χ3v) is 2.54. The molecule has 1 aromatic carbocycles. The summed E-state index contributed by atoms with van der Waals surface area (Å²) >= 11 is 0. The van der Waals surface area contributed by atoms with Gasteiger partial charge in [-0.05, 0) is 24.3 Å². The minimum Gasteiger partial charge on any atom is -0.288 e. The van der Waals surface area contributed by atoms with Gasteiger partial charge in [0.1, 0.15) is 11.6 Å². The fourth-order valence-electron chi connectivity index (χ4n) is 1.64. The fourth-order valence-corrected chi connectivity index (χ4v) is 1.64. The molecule has 20 heavy (non-hydrogen) atoms. The Hall–Kier alpha value is -2.31. The summed E-state index contributed by atoms with van der Waals surface area (Å²) in [6.45, 7) is 0. The van der Waals surface area contributed by atoms with E-state index >= 15 is 0 Å². The van der Waals surface area contributed by atoms with Crippen LogP contribution in [0.25, 0.3) is 0 Å². The maximum absolute atomic E-state index is 13.4. The van der Waals surface area contributed by atoms with Gasteiger partial charge in [-0.25, -0.2) is 8.78 Å². The van der Waals surface area contributed by atoms with Gasteiger partial charge < -0.3 is 0 Å². The Balaban J connectivity index is 2.57. The summed E-state index contributed by atoms with van der Waals surface area (Å²) in [7, 11) is 0. The van der Waals surface area contributed by atoms with Crippen LogP contribution in [0.15, 0.2) is 36.7 Å². The van der Waals surface area contributed by atoms with Crippen LogP contribution in [0.2, 0.25) is 0 Å². The third kappa shape index (κ3) is 2.66. The van der Waals surface area contributed by atoms with Gasteiger partial charge in [-0.15, -0.1) is 0 Å². The predicted molar refractivity (Wildman–Crippen MR) is 59.0 cm³/mol. The molecular formula is C13H6F5NO. The van der Waals surface area contributed by atoms with Gasteiger partial charge in [-0.1, -0.05) is 0 Å². The van der Waals surface area contributed by atoms with Crippen LogP contribution in [-0.4, -0.2) is 10.8 Å². The molecule has 7 heteroatoms. The molecule has 0 spiro atoms. The van der Waals surface area contributed by atoms with Crippen LogP contribution < -0.4 is 0 Å². The first-order valence-corrected chi connectivity index (χ1v) is 5.31. The molecule has 0 amide bonds. The standard InChI is InChI=1S/C13H6F5NO/c14-7-1-2-11(15)8(5-7)12(20)9-6-19-4-3-10(9)13(16,17)18/h1-6H. The van der Waals surface area contributed by atoms with Gasteiger partial charge in [0.15, 0.2) is 5.78 Å². The normalized spacial score (nSPS) is 11.4. The molecule has 0 aliphatic rings. The molecule has 2 aromatic rings. The monoisotopic (exact) mass is 287 g/mol. The molecule has 0 N–H and O–H groups in total. The molecule has 0 saturated carbocycles. The summed E-state index contributed by atoms with van der Waals surface area (Å²) in [4.78, 5) is 15.4. The summed E-state index contributed by atoms with van der Waals surface area (Å²) in [6, 6.07) is 2.58. The topological polar surface area (TPSA) is 30.0 Å². The average molecular weight is 287 g/mol. The zero-order chi connectivity index (χ0) is 14.9. The Labute approximate surface area is 109 Å². The highest BCUT2D eigenvalue weighted by atomic mass is 19.4. The average Bonchev–Trinajstić information content (AvgIpc) is 2.40. The lowest BCUT2D eigenvalue weighted by molar-refractivity contribution is -0.137. The highest BCUT2D eigenvalue weighted by Gasteiger charge is 2.35. The maximum Gasteiger partial charge on any atom is 0.417 e. The number of alkyl halides is 3. The first-order chi connectivity index (χ1) is 9.30. The first-order valence-electron chi connectivity index (χ1n) is 5.31. The Morgan fingerprint density at radius 3 is 2.40 bits per heavy atom. The van der Waals surface area contributed by atoms with Crippen LogP contribution >= 0.6 is 0 Å². The molecular weight excluding hydrogens is 281 g/mol. The number of hydrogen-bond donors (Lipinski definition) is 0. The lowest BCUT2D eigenvalue weighted by Gasteiger charge is -2.11. The van der Waals surface area contributed by atoms with Gasteiger partial charge in [-0.2, -0.15) is 13.2 Å². The highest BCUT2D eigenvalue weighted by Crippen LogP contribution is 2.32. The molecule has 0 unspecified atom stereocenters. The van der Waals surface area contributed by atoms with Gasteiger partial charge in [-0.3, -0.25) is 9.78 Å². The van der Waals surface area contributed by atoms with Gasteiger partial charge >= 0.3 is 6.18 Å². The molecule has 0 saturated heterocycles. The molecule has 0 atom stereocenters. The van der Waals surface area contributed by atoms with E-state index in [1.165, 1.54) is 0 Å². The third-order valence-electron chi connectivity index (χ3n) is 2.54. The van der Waals surface area contributed by atoms with Crippen molar-refractivity contribution >= 4 is 5.78 Å². The van der Waals surface area contributed by atoms with E-state index in [0.29, 0.717) is 24.4 Å². The number of aromatic nitrogens is 1. The van der Waals surface area contributed by atoms with Crippen molar-refractivity contribution in [3.8, 4) is 0 Å². The van der Waals surface area contributed by atoms with E-state index in [0.717, 1.165) is 12.3 Å². The molecule has 2 rings (SSSR count). The van der Waals surface area contributed by atoms with Crippen molar-refractivity contribution < 1.29 is 26.7 Å². The van der Waals surface area contributed by atoms with Crippen LogP contribution in [0.4, 0.5) is 22.0 Å². The summed E-state index contributed by atoms with van der Waals surface area (Å²) in [5.74, 6) is -3.30. The second-order valence-corrected chi connectivity index (χ2v) is 3.87.